The molecular weight excluding hydrogens is 346 g/mol. The van der Waals surface area contributed by atoms with Crippen LogP contribution in [0.4, 0.5) is 11.9 Å². The Morgan fingerprint density at radius 3 is 2.48 bits per heavy atom. The van der Waals surface area contributed by atoms with E-state index in [9.17, 15) is 9.59 Å². The van der Waals surface area contributed by atoms with E-state index in [2.05, 4.69) is 20.7 Å². The molecule has 1 heterocycles. The number of aromatic nitrogens is 3. The number of esters is 1. The number of carbonyl (C=O) groups is 2. The largest absolute Gasteiger partial charge is 0.466 e. The van der Waals surface area contributed by atoms with Crippen molar-refractivity contribution in [2.75, 3.05) is 24.3 Å². The van der Waals surface area contributed by atoms with Gasteiger partial charge in [0.1, 0.15) is 0 Å². The van der Waals surface area contributed by atoms with Crippen LogP contribution in [0.15, 0.2) is 23.9 Å². The fourth-order valence-corrected chi connectivity index (χ4v) is 2.03. The minimum absolute atomic E-state index is 0.00218. The molecule has 1 atom stereocenters. The molecular formula is C19H33N5O3. The summed E-state index contributed by atoms with van der Waals surface area (Å²) in [5, 5.41) is 10.1. The first kappa shape index (κ1) is 24.4. The SMILES string of the molecule is C/C=C(\C=C/CC)Nc1nc(NC)n(C(=O)C(C)CC(=O)OCC)n1.CC. The molecule has 1 rings (SSSR count). The van der Waals surface area contributed by atoms with E-state index in [0.717, 1.165) is 12.1 Å². The van der Waals surface area contributed by atoms with Crippen LogP contribution in [0.3, 0.4) is 0 Å². The van der Waals surface area contributed by atoms with Crippen molar-refractivity contribution in [3.8, 4) is 0 Å². The van der Waals surface area contributed by atoms with Crippen molar-refractivity contribution in [1.29, 1.82) is 0 Å². The average molecular weight is 380 g/mol. The highest BCUT2D eigenvalue weighted by Crippen LogP contribution is 2.15. The lowest BCUT2D eigenvalue weighted by atomic mass is 10.1. The second-order valence-corrected chi connectivity index (χ2v) is 5.35. The van der Waals surface area contributed by atoms with Gasteiger partial charge in [0.25, 0.3) is 5.91 Å². The minimum Gasteiger partial charge on any atom is -0.466 e. The number of anilines is 2. The molecule has 0 aliphatic heterocycles. The summed E-state index contributed by atoms with van der Waals surface area (Å²) in [6.45, 7) is 11.6. The highest BCUT2D eigenvalue weighted by Gasteiger charge is 2.23. The van der Waals surface area contributed by atoms with Gasteiger partial charge in [0.05, 0.1) is 13.0 Å². The summed E-state index contributed by atoms with van der Waals surface area (Å²) < 4.78 is 6.06. The monoisotopic (exact) mass is 379 g/mol. The average Bonchev–Trinajstić information content (AvgIpc) is 3.08. The van der Waals surface area contributed by atoms with E-state index in [4.69, 9.17) is 4.74 Å². The van der Waals surface area contributed by atoms with E-state index in [1.165, 1.54) is 4.68 Å². The standard InChI is InChI=1S/C17H27N5O3.C2H6/c1-6-9-10-13(7-2)19-16-20-17(18-5)22(21-16)15(24)12(4)11-14(23)25-8-3;1-2/h7,9-10,12H,6,8,11H2,1-5H3,(H2,18,19,20,21);1-2H3/b10-9-,13-7+;. The molecule has 0 saturated heterocycles. The van der Waals surface area contributed by atoms with Crippen LogP contribution >= 0.6 is 0 Å². The van der Waals surface area contributed by atoms with Gasteiger partial charge in [-0.05, 0) is 26.3 Å². The lowest BCUT2D eigenvalue weighted by molar-refractivity contribution is -0.143. The molecule has 2 N–H and O–H groups in total. The Balaban J connectivity index is 0.00000326. The van der Waals surface area contributed by atoms with Crippen LogP contribution in [-0.2, 0) is 9.53 Å². The van der Waals surface area contributed by atoms with Crippen LogP contribution in [0.5, 0.6) is 0 Å². The van der Waals surface area contributed by atoms with Gasteiger partial charge in [-0.2, -0.15) is 9.67 Å². The molecule has 0 spiro atoms. The molecule has 0 saturated carbocycles. The van der Waals surface area contributed by atoms with E-state index in [-0.39, 0.29) is 18.9 Å². The maximum Gasteiger partial charge on any atom is 0.306 e. The normalized spacial score (nSPS) is 12.2. The summed E-state index contributed by atoms with van der Waals surface area (Å²) in [7, 11) is 1.65. The summed E-state index contributed by atoms with van der Waals surface area (Å²) >= 11 is 0. The molecule has 1 aromatic heterocycles. The number of hydrogen-bond acceptors (Lipinski definition) is 7. The van der Waals surface area contributed by atoms with E-state index in [1.54, 1.807) is 20.9 Å². The second kappa shape index (κ2) is 13.5. The van der Waals surface area contributed by atoms with Crippen LogP contribution in [0.25, 0.3) is 0 Å². The van der Waals surface area contributed by atoms with Gasteiger partial charge in [0, 0.05) is 18.7 Å². The van der Waals surface area contributed by atoms with E-state index in [0.29, 0.717) is 11.9 Å². The third-order valence-corrected chi connectivity index (χ3v) is 3.34. The zero-order chi connectivity index (χ0) is 20.8. The Hall–Kier alpha value is -2.64. The van der Waals surface area contributed by atoms with Crippen molar-refractivity contribution in [3.63, 3.8) is 0 Å². The lowest BCUT2D eigenvalue weighted by Crippen LogP contribution is -2.25. The summed E-state index contributed by atoms with van der Waals surface area (Å²) in [5.74, 6) is -0.701. The molecule has 0 bridgehead atoms. The molecule has 0 aromatic carbocycles. The summed E-state index contributed by atoms with van der Waals surface area (Å²) in [4.78, 5) is 28.4. The van der Waals surface area contributed by atoms with Gasteiger partial charge in [-0.3, -0.25) is 9.59 Å². The van der Waals surface area contributed by atoms with Crippen LogP contribution in [-0.4, -0.2) is 40.3 Å². The number of carbonyl (C=O) groups excluding carboxylic acids is 2. The summed E-state index contributed by atoms with van der Waals surface area (Å²) in [6, 6.07) is 0. The Morgan fingerprint density at radius 1 is 1.30 bits per heavy atom. The number of nitrogens with zero attached hydrogens (tertiary/aromatic N) is 3. The second-order valence-electron chi connectivity index (χ2n) is 5.35. The number of allylic oxidation sites excluding steroid dienone is 3. The van der Waals surface area contributed by atoms with Gasteiger partial charge < -0.3 is 15.4 Å². The molecule has 27 heavy (non-hydrogen) atoms. The Bertz CT molecular complexity index is 650. The van der Waals surface area contributed by atoms with Gasteiger partial charge in [-0.1, -0.05) is 39.8 Å². The van der Waals surface area contributed by atoms with Crippen molar-refractivity contribution in [2.45, 2.75) is 54.4 Å². The van der Waals surface area contributed by atoms with Crippen LogP contribution in [0.1, 0.15) is 59.2 Å². The number of ether oxygens (including phenoxy) is 1. The van der Waals surface area contributed by atoms with Crippen LogP contribution in [0, 0.1) is 5.92 Å². The predicted octanol–water partition coefficient (Wildman–Crippen LogP) is 3.86. The maximum atomic E-state index is 12.6. The molecule has 0 fully saturated rings. The quantitative estimate of drug-likeness (QED) is 0.496. The molecule has 1 aromatic rings. The van der Waals surface area contributed by atoms with Gasteiger partial charge in [-0.25, -0.2) is 0 Å². The van der Waals surface area contributed by atoms with Crippen LogP contribution < -0.4 is 10.6 Å². The van der Waals surface area contributed by atoms with Gasteiger partial charge in [0.15, 0.2) is 0 Å². The zero-order valence-electron chi connectivity index (χ0n) is 17.5. The number of rotatable bonds is 9. The Kier molecular flexibility index (Phi) is 12.2. The third kappa shape index (κ3) is 8.06. The smallest absolute Gasteiger partial charge is 0.306 e. The number of nitrogens with one attached hydrogen (secondary N) is 2. The molecule has 0 aliphatic carbocycles. The Morgan fingerprint density at radius 2 is 1.96 bits per heavy atom. The van der Waals surface area contributed by atoms with E-state index in [1.807, 2.05) is 45.9 Å². The summed E-state index contributed by atoms with van der Waals surface area (Å²) in [6.07, 6.45) is 6.72. The first-order valence-electron chi connectivity index (χ1n) is 9.41. The highest BCUT2D eigenvalue weighted by molar-refractivity contribution is 5.86. The van der Waals surface area contributed by atoms with Crippen molar-refractivity contribution in [2.24, 2.45) is 5.92 Å². The third-order valence-electron chi connectivity index (χ3n) is 3.34. The summed E-state index contributed by atoms with van der Waals surface area (Å²) in [5.41, 5.74) is 0.827. The lowest BCUT2D eigenvalue weighted by Gasteiger charge is -2.10. The van der Waals surface area contributed by atoms with Gasteiger partial charge in [-0.15, -0.1) is 5.10 Å². The first-order chi connectivity index (χ1) is 13.0. The molecule has 1 unspecified atom stereocenters. The Labute approximate surface area is 162 Å². The molecule has 0 aliphatic rings. The predicted molar refractivity (Wildman–Crippen MR) is 109 cm³/mol. The minimum atomic E-state index is -0.568. The topological polar surface area (TPSA) is 98.1 Å². The molecule has 8 nitrogen and oxygen atoms in total. The van der Waals surface area contributed by atoms with Gasteiger partial charge >= 0.3 is 5.97 Å². The zero-order valence-corrected chi connectivity index (χ0v) is 17.5. The van der Waals surface area contributed by atoms with Crippen molar-refractivity contribution in [3.05, 3.63) is 23.9 Å². The van der Waals surface area contributed by atoms with E-state index >= 15 is 0 Å². The molecule has 152 valence electrons. The fraction of sp³-hybridized carbons (Fsp3) is 0.579. The van der Waals surface area contributed by atoms with Crippen molar-refractivity contribution >= 4 is 23.8 Å². The van der Waals surface area contributed by atoms with Gasteiger partial charge in [0.2, 0.25) is 11.9 Å². The maximum absolute atomic E-state index is 12.6. The molecule has 8 heteroatoms. The molecule has 0 amide bonds. The molecule has 0 radical (unpaired) electrons. The van der Waals surface area contributed by atoms with E-state index < -0.39 is 11.9 Å². The number of hydrogen-bond donors (Lipinski definition) is 2. The fourth-order valence-electron chi connectivity index (χ4n) is 2.03. The first-order valence-corrected chi connectivity index (χ1v) is 9.41. The highest BCUT2D eigenvalue weighted by atomic mass is 16.5. The van der Waals surface area contributed by atoms with Crippen LogP contribution in [0.2, 0.25) is 0 Å². The van der Waals surface area contributed by atoms with Crippen molar-refractivity contribution in [1.82, 2.24) is 14.8 Å². The van der Waals surface area contributed by atoms with Crippen molar-refractivity contribution < 1.29 is 14.3 Å².